The molecule has 0 amide bonds. The maximum absolute atomic E-state index is 4.62. The summed E-state index contributed by atoms with van der Waals surface area (Å²) in [6.07, 6.45) is 3.97. The molecule has 1 fully saturated rings. The third-order valence-electron chi connectivity index (χ3n) is 2.94. The lowest BCUT2D eigenvalue weighted by molar-refractivity contribution is 0.574. The van der Waals surface area contributed by atoms with Gasteiger partial charge in [0.25, 0.3) is 0 Å². The van der Waals surface area contributed by atoms with Gasteiger partial charge >= 0.3 is 0 Å². The van der Waals surface area contributed by atoms with Crippen molar-refractivity contribution in [3.63, 3.8) is 0 Å². The lowest BCUT2D eigenvalue weighted by Crippen LogP contribution is -2.36. The molecule has 2 atom stereocenters. The first kappa shape index (κ1) is 12.6. The molecule has 0 aromatic heterocycles. The molecule has 1 N–H and O–H groups in total. The highest BCUT2D eigenvalue weighted by Gasteiger charge is 2.23. The Bertz CT molecular complexity index is 247. The van der Waals surface area contributed by atoms with Crippen molar-refractivity contribution in [3.8, 4) is 0 Å². The zero-order chi connectivity index (χ0) is 11.4. The largest absolute Gasteiger partial charge is 0.361 e. The highest BCUT2D eigenvalue weighted by molar-refractivity contribution is 8.14. The van der Waals surface area contributed by atoms with E-state index in [1.54, 1.807) is 0 Å². The third-order valence-corrected chi connectivity index (χ3v) is 5.30. The average Bonchev–Trinajstić information content (AvgIpc) is 2.66. The number of rotatable bonds is 3. The van der Waals surface area contributed by atoms with Crippen LogP contribution in [0.25, 0.3) is 0 Å². The van der Waals surface area contributed by atoms with Gasteiger partial charge in [0.2, 0.25) is 0 Å². The molecule has 2 nitrogen and oxygen atoms in total. The van der Waals surface area contributed by atoms with E-state index in [0.29, 0.717) is 6.04 Å². The Labute approximate surface area is 107 Å². The molecular formula is C12H22N2S2. The fraction of sp³-hybridized carbons (Fsp3) is 0.917. The van der Waals surface area contributed by atoms with E-state index in [2.05, 4.69) is 35.9 Å². The van der Waals surface area contributed by atoms with Crippen molar-refractivity contribution >= 4 is 28.7 Å². The first-order chi connectivity index (χ1) is 7.74. The lowest BCUT2D eigenvalue weighted by atomic mass is 10.1. The topological polar surface area (TPSA) is 24.4 Å². The van der Waals surface area contributed by atoms with Crippen LogP contribution < -0.4 is 5.32 Å². The Hall–Kier alpha value is 0.170. The first-order valence-corrected chi connectivity index (χ1v) is 8.33. The second kappa shape index (κ2) is 6.20. The Morgan fingerprint density at radius 1 is 1.50 bits per heavy atom. The molecule has 0 aromatic rings. The molecule has 16 heavy (non-hydrogen) atoms. The number of hydrogen-bond donors (Lipinski definition) is 1. The zero-order valence-electron chi connectivity index (χ0n) is 10.2. The predicted octanol–water partition coefficient (Wildman–Crippen LogP) is 2.99. The summed E-state index contributed by atoms with van der Waals surface area (Å²) < 4.78 is 0. The minimum absolute atomic E-state index is 0.669. The summed E-state index contributed by atoms with van der Waals surface area (Å²) in [5, 5.41) is 5.54. The van der Waals surface area contributed by atoms with Crippen molar-refractivity contribution in [2.45, 2.75) is 44.4 Å². The molecule has 0 aromatic carbocycles. The number of thioether (sulfide) groups is 2. The number of nitrogens with zero attached hydrogens (tertiary/aromatic N) is 1. The summed E-state index contributed by atoms with van der Waals surface area (Å²) in [5.41, 5.74) is 0. The summed E-state index contributed by atoms with van der Waals surface area (Å²) in [7, 11) is 0. The summed E-state index contributed by atoms with van der Waals surface area (Å²) in [4.78, 5) is 4.62. The van der Waals surface area contributed by atoms with E-state index in [1.807, 2.05) is 11.8 Å². The molecule has 1 saturated heterocycles. The molecule has 2 aliphatic heterocycles. The van der Waals surface area contributed by atoms with Gasteiger partial charge in [0.1, 0.15) is 0 Å². The molecule has 4 heteroatoms. The molecule has 0 radical (unpaired) electrons. The summed E-state index contributed by atoms with van der Waals surface area (Å²) in [6, 6.07) is 0.669. The monoisotopic (exact) mass is 258 g/mol. The maximum atomic E-state index is 4.62. The predicted molar refractivity (Wildman–Crippen MR) is 76.6 cm³/mol. The molecule has 0 spiro atoms. The van der Waals surface area contributed by atoms with E-state index in [9.17, 15) is 0 Å². The minimum Gasteiger partial charge on any atom is -0.361 e. The van der Waals surface area contributed by atoms with Crippen LogP contribution in [-0.4, -0.2) is 34.5 Å². The van der Waals surface area contributed by atoms with Gasteiger partial charge in [-0.05, 0) is 30.9 Å². The van der Waals surface area contributed by atoms with Crippen LogP contribution in [0.5, 0.6) is 0 Å². The molecule has 0 aliphatic carbocycles. The van der Waals surface area contributed by atoms with Crippen LogP contribution in [0.15, 0.2) is 4.99 Å². The van der Waals surface area contributed by atoms with Gasteiger partial charge in [-0.2, -0.15) is 11.8 Å². The van der Waals surface area contributed by atoms with Crippen LogP contribution >= 0.6 is 23.5 Å². The van der Waals surface area contributed by atoms with Gasteiger partial charge in [-0.1, -0.05) is 25.6 Å². The molecule has 2 aliphatic rings. The Morgan fingerprint density at radius 3 is 3.06 bits per heavy atom. The van der Waals surface area contributed by atoms with Crippen molar-refractivity contribution in [1.82, 2.24) is 5.32 Å². The van der Waals surface area contributed by atoms with Crippen molar-refractivity contribution < 1.29 is 0 Å². The van der Waals surface area contributed by atoms with Gasteiger partial charge < -0.3 is 5.32 Å². The summed E-state index contributed by atoms with van der Waals surface area (Å²) in [6.45, 7) is 5.61. The van der Waals surface area contributed by atoms with Crippen LogP contribution in [0.4, 0.5) is 0 Å². The smallest absolute Gasteiger partial charge is 0.157 e. The molecule has 2 rings (SSSR count). The highest BCUT2D eigenvalue weighted by Crippen LogP contribution is 2.26. The third kappa shape index (κ3) is 3.88. The van der Waals surface area contributed by atoms with Crippen molar-refractivity contribution in [1.29, 1.82) is 0 Å². The molecule has 2 unspecified atom stereocenters. The van der Waals surface area contributed by atoms with Gasteiger partial charge in [0.15, 0.2) is 5.17 Å². The van der Waals surface area contributed by atoms with Gasteiger partial charge in [0.05, 0.1) is 6.54 Å². The number of nitrogens with one attached hydrogen (secondary N) is 1. The van der Waals surface area contributed by atoms with Crippen LogP contribution in [0.2, 0.25) is 0 Å². The number of amidine groups is 1. The van der Waals surface area contributed by atoms with Crippen LogP contribution in [0, 0.1) is 5.92 Å². The van der Waals surface area contributed by atoms with Gasteiger partial charge in [-0.3, -0.25) is 4.99 Å². The minimum atomic E-state index is 0.669. The normalized spacial score (nSPS) is 30.6. The summed E-state index contributed by atoms with van der Waals surface area (Å²) in [5.74, 6) is 3.39. The molecular weight excluding hydrogens is 236 g/mol. The average molecular weight is 258 g/mol. The molecule has 0 bridgehead atoms. The lowest BCUT2D eigenvalue weighted by Gasteiger charge is -2.23. The van der Waals surface area contributed by atoms with E-state index >= 15 is 0 Å². The molecule has 0 saturated carbocycles. The number of hydrogen-bond acceptors (Lipinski definition) is 4. The van der Waals surface area contributed by atoms with Crippen LogP contribution in [0.3, 0.4) is 0 Å². The van der Waals surface area contributed by atoms with Crippen molar-refractivity contribution in [3.05, 3.63) is 0 Å². The fourth-order valence-corrected chi connectivity index (χ4v) is 4.58. The van der Waals surface area contributed by atoms with Crippen LogP contribution in [0.1, 0.15) is 33.1 Å². The highest BCUT2D eigenvalue weighted by atomic mass is 32.2. The zero-order valence-corrected chi connectivity index (χ0v) is 11.9. The Balaban J connectivity index is 1.71. The van der Waals surface area contributed by atoms with E-state index < -0.39 is 0 Å². The Morgan fingerprint density at radius 2 is 2.38 bits per heavy atom. The van der Waals surface area contributed by atoms with Gasteiger partial charge in [-0.15, -0.1) is 0 Å². The molecule has 92 valence electrons. The second-order valence-corrected chi connectivity index (χ2v) is 7.51. The Kier molecular flexibility index (Phi) is 4.89. The van der Waals surface area contributed by atoms with E-state index in [-0.39, 0.29) is 0 Å². The molecule has 2 heterocycles. The van der Waals surface area contributed by atoms with E-state index in [1.165, 1.54) is 35.9 Å². The quantitative estimate of drug-likeness (QED) is 0.842. The standard InChI is InChI=1S/C12H22N2S2/c1-9(2)6-11-7-13-12(16-11)14-10-4-3-5-15-8-10/h9-11H,3-8H2,1-2H3,(H,13,14). The van der Waals surface area contributed by atoms with Crippen LogP contribution in [-0.2, 0) is 0 Å². The second-order valence-electron chi connectivity index (χ2n) is 5.07. The van der Waals surface area contributed by atoms with E-state index in [4.69, 9.17) is 0 Å². The number of aliphatic imine (C=N–C) groups is 1. The first-order valence-electron chi connectivity index (χ1n) is 6.29. The van der Waals surface area contributed by atoms with Gasteiger partial charge in [0, 0.05) is 17.0 Å². The summed E-state index contributed by atoms with van der Waals surface area (Å²) >= 11 is 4.03. The van der Waals surface area contributed by atoms with Gasteiger partial charge in [-0.25, -0.2) is 0 Å². The van der Waals surface area contributed by atoms with Crippen molar-refractivity contribution in [2.24, 2.45) is 10.9 Å². The van der Waals surface area contributed by atoms with E-state index in [0.717, 1.165) is 17.7 Å². The van der Waals surface area contributed by atoms with Crippen molar-refractivity contribution in [2.75, 3.05) is 18.1 Å². The fourth-order valence-electron chi connectivity index (χ4n) is 2.17. The maximum Gasteiger partial charge on any atom is 0.157 e. The SMILES string of the molecule is CC(C)CC1CN=C(NC2CCCSC2)S1.